The molecule has 0 spiro atoms. The van der Waals surface area contributed by atoms with Crippen LogP contribution in [0.1, 0.15) is 24.8 Å². The normalized spacial score (nSPS) is 23.7. The Labute approximate surface area is 151 Å². The molecule has 7 heteroatoms. The minimum absolute atomic E-state index is 0.0300. The fourth-order valence-electron chi connectivity index (χ4n) is 3.81. The van der Waals surface area contributed by atoms with Gasteiger partial charge in [-0.25, -0.2) is 4.39 Å². The number of halogens is 1. The summed E-state index contributed by atoms with van der Waals surface area (Å²) in [5.74, 6) is -0.833. The Balaban J connectivity index is 1.34. The van der Waals surface area contributed by atoms with Crippen molar-refractivity contribution in [2.45, 2.75) is 31.8 Å². The third-order valence-corrected chi connectivity index (χ3v) is 5.39. The van der Waals surface area contributed by atoms with E-state index < -0.39 is 0 Å². The Morgan fingerprint density at radius 1 is 1.15 bits per heavy atom. The van der Waals surface area contributed by atoms with Gasteiger partial charge in [0.25, 0.3) is 0 Å². The number of hydrogen-bond donors (Lipinski definition) is 0. The highest BCUT2D eigenvalue weighted by atomic mass is 19.1. The second-order valence-corrected chi connectivity index (χ2v) is 7.38. The molecule has 1 saturated carbocycles. The van der Waals surface area contributed by atoms with Crippen LogP contribution in [0.2, 0.25) is 0 Å². The predicted molar refractivity (Wildman–Crippen MR) is 91.2 cm³/mol. The van der Waals surface area contributed by atoms with Crippen LogP contribution in [-0.2, 0) is 20.9 Å². The number of hydrogen-bond acceptors (Lipinski definition) is 3. The van der Waals surface area contributed by atoms with Crippen molar-refractivity contribution in [3.05, 3.63) is 35.6 Å². The predicted octanol–water partition coefficient (Wildman–Crippen LogP) is 1.01. The molecule has 0 aromatic heterocycles. The molecule has 1 aromatic carbocycles. The van der Waals surface area contributed by atoms with E-state index in [9.17, 15) is 18.8 Å². The van der Waals surface area contributed by atoms with Gasteiger partial charge in [0.05, 0.1) is 12.5 Å². The lowest BCUT2D eigenvalue weighted by Crippen LogP contribution is -2.53. The van der Waals surface area contributed by atoms with Gasteiger partial charge in [-0.3, -0.25) is 14.4 Å². The summed E-state index contributed by atoms with van der Waals surface area (Å²) in [6.45, 7) is 1.74. The van der Waals surface area contributed by atoms with Crippen LogP contribution in [-0.4, -0.2) is 64.6 Å². The summed E-state index contributed by atoms with van der Waals surface area (Å²) < 4.78 is 13.3. The molecule has 3 fully saturated rings. The fraction of sp³-hybridized carbons (Fsp3) is 0.526. The summed E-state index contributed by atoms with van der Waals surface area (Å²) in [5, 5.41) is 0. The molecule has 4 rings (SSSR count). The number of likely N-dealkylation sites (tertiary alicyclic amines) is 1. The van der Waals surface area contributed by atoms with Crippen LogP contribution in [0.25, 0.3) is 0 Å². The third-order valence-electron chi connectivity index (χ3n) is 5.39. The van der Waals surface area contributed by atoms with E-state index >= 15 is 0 Å². The molecule has 2 saturated heterocycles. The van der Waals surface area contributed by atoms with Gasteiger partial charge in [-0.2, -0.15) is 0 Å². The Morgan fingerprint density at radius 2 is 1.96 bits per heavy atom. The largest absolute Gasteiger partial charge is 0.339 e. The van der Waals surface area contributed by atoms with E-state index in [1.807, 2.05) is 4.90 Å². The van der Waals surface area contributed by atoms with Crippen LogP contribution in [0.4, 0.5) is 4.39 Å². The van der Waals surface area contributed by atoms with E-state index in [1.165, 1.54) is 12.1 Å². The highest BCUT2D eigenvalue weighted by molar-refractivity contribution is 5.92. The molecule has 1 aliphatic carbocycles. The average Bonchev–Trinajstić information content (AvgIpc) is 3.38. The number of carbonyl (C=O) groups is 3. The first-order valence-electron chi connectivity index (χ1n) is 9.12. The minimum atomic E-state index is -0.328. The van der Waals surface area contributed by atoms with Gasteiger partial charge in [0.2, 0.25) is 17.7 Å². The molecule has 0 bridgehead atoms. The van der Waals surface area contributed by atoms with Gasteiger partial charge in [-0.15, -0.1) is 0 Å². The lowest BCUT2D eigenvalue weighted by Gasteiger charge is -2.35. The van der Waals surface area contributed by atoms with Crippen molar-refractivity contribution >= 4 is 17.7 Å². The number of piperazine rings is 1. The Morgan fingerprint density at radius 3 is 2.65 bits per heavy atom. The molecule has 0 radical (unpaired) electrons. The molecular weight excluding hydrogens is 337 g/mol. The standard InChI is InChI=1S/C19H22FN3O3/c20-15-3-1-2-13(8-15)10-21-6-7-22(12-18(21)25)19(26)14-9-17(24)23(11-14)16-4-5-16/h1-3,8,14,16H,4-7,9-12H2/t14-/m1/s1. The molecule has 6 nitrogen and oxygen atoms in total. The highest BCUT2D eigenvalue weighted by Gasteiger charge is 2.43. The van der Waals surface area contributed by atoms with Crippen molar-refractivity contribution in [2.24, 2.45) is 5.92 Å². The maximum Gasteiger partial charge on any atom is 0.242 e. The number of benzene rings is 1. The first-order chi connectivity index (χ1) is 12.5. The smallest absolute Gasteiger partial charge is 0.242 e. The number of rotatable bonds is 4. The average molecular weight is 359 g/mol. The first kappa shape index (κ1) is 17.0. The van der Waals surface area contributed by atoms with E-state index in [0.29, 0.717) is 32.2 Å². The highest BCUT2D eigenvalue weighted by Crippen LogP contribution is 2.33. The monoisotopic (exact) mass is 359 g/mol. The fourth-order valence-corrected chi connectivity index (χ4v) is 3.81. The van der Waals surface area contributed by atoms with E-state index in [0.717, 1.165) is 18.4 Å². The number of amides is 3. The van der Waals surface area contributed by atoms with E-state index in [2.05, 4.69) is 0 Å². The zero-order chi connectivity index (χ0) is 18.3. The molecule has 26 heavy (non-hydrogen) atoms. The van der Waals surface area contributed by atoms with Crippen LogP contribution < -0.4 is 0 Å². The topological polar surface area (TPSA) is 60.9 Å². The molecule has 3 aliphatic rings. The molecule has 3 amide bonds. The Bertz CT molecular complexity index is 749. The zero-order valence-electron chi connectivity index (χ0n) is 14.6. The summed E-state index contributed by atoms with van der Waals surface area (Å²) in [6, 6.07) is 6.52. The van der Waals surface area contributed by atoms with Gasteiger partial charge < -0.3 is 14.7 Å². The van der Waals surface area contributed by atoms with Crippen molar-refractivity contribution in [1.29, 1.82) is 0 Å². The lowest BCUT2D eigenvalue weighted by atomic mass is 10.1. The van der Waals surface area contributed by atoms with E-state index in [1.54, 1.807) is 21.9 Å². The molecule has 2 aliphatic heterocycles. The minimum Gasteiger partial charge on any atom is -0.339 e. The summed E-state index contributed by atoms with van der Waals surface area (Å²) >= 11 is 0. The van der Waals surface area contributed by atoms with Crippen LogP contribution in [0.15, 0.2) is 24.3 Å². The second-order valence-electron chi connectivity index (χ2n) is 7.38. The van der Waals surface area contributed by atoms with Gasteiger partial charge in [0, 0.05) is 38.6 Å². The first-order valence-corrected chi connectivity index (χ1v) is 9.12. The van der Waals surface area contributed by atoms with Crippen LogP contribution in [0.3, 0.4) is 0 Å². The van der Waals surface area contributed by atoms with Crippen molar-refractivity contribution in [1.82, 2.24) is 14.7 Å². The van der Waals surface area contributed by atoms with Gasteiger partial charge >= 0.3 is 0 Å². The Hall–Kier alpha value is -2.44. The zero-order valence-corrected chi connectivity index (χ0v) is 14.6. The quantitative estimate of drug-likeness (QED) is 0.806. The van der Waals surface area contributed by atoms with Gasteiger partial charge in [0.15, 0.2) is 0 Å². The lowest BCUT2D eigenvalue weighted by molar-refractivity contribution is -0.147. The second kappa shape index (κ2) is 6.70. The van der Waals surface area contributed by atoms with Crippen molar-refractivity contribution in [3.8, 4) is 0 Å². The van der Waals surface area contributed by atoms with Gasteiger partial charge in [-0.05, 0) is 30.5 Å². The van der Waals surface area contributed by atoms with Crippen LogP contribution >= 0.6 is 0 Å². The molecule has 138 valence electrons. The van der Waals surface area contributed by atoms with Crippen molar-refractivity contribution in [3.63, 3.8) is 0 Å². The SMILES string of the molecule is O=C1CN(C(=O)[C@@H]2CC(=O)N(C3CC3)C2)CCN1Cc1cccc(F)c1. The molecule has 0 unspecified atom stereocenters. The molecule has 0 N–H and O–H groups in total. The van der Waals surface area contributed by atoms with Crippen LogP contribution in [0, 0.1) is 11.7 Å². The summed E-state index contributed by atoms with van der Waals surface area (Å²) in [4.78, 5) is 42.2. The maximum absolute atomic E-state index is 13.3. The summed E-state index contributed by atoms with van der Waals surface area (Å²) in [6.07, 6.45) is 2.32. The van der Waals surface area contributed by atoms with E-state index in [4.69, 9.17) is 0 Å². The third kappa shape index (κ3) is 3.43. The van der Waals surface area contributed by atoms with E-state index in [-0.39, 0.29) is 42.4 Å². The Kier molecular flexibility index (Phi) is 4.38. The molecule has 1 aromatic rings. The van der Waals surface area contributed by atoms with Gasteiger partial charge in [-0.1, -0.05) is 12.1 Å². The summed E-state index contributed by atoms with van der Waals surface area (Å²) in [5.41, 5.74) is 0.736. The van der Waals surface area contributed by atoms with Gasteiger partial charge in [0.1, 0.15) is 5.82 Å². The van der Waals surface area contributed by atoms with Crippen LogP contribution in [0.5, 0.6) is 0 Å². The van der Waals surface area contributed by atoms with Crippen molar-refractivity contribution in [2.75, 3.05) is 26.2 Å². The van der Waals surface area contributed by atoms with Crippen molar-refractivity contribution < 1.29 is 18.8 Å². The number of carbonyl (C=O) groups excluding carboxylic acids is 3. The molecule has 1 atom stereocenters. The molecular formula is C19H22FN3O3. The summed E-state index contributed by atoms with van der Waals surface area (Å²) in [7, 11) is 0. The number of nitrogens with zero attached hydrogens (tertiary/aromatic N) is 3. The maximum atomic E-state index is 13.3. The molecule has 2 heterocycles.